The summed E-state index contributed by atoms with van der Waals surface area (Å²) in [5.74, 6) is -1.04. The van der Waals surface area contributed by atoms with Gasteiger partial charge in [0.2, 0.25) is 5.79 Å². The van der Waals surface area contributed by atoms with Crippen molar-refractivity contribution in [2.75, 3.05) is 27.3 Å². The van der Waals surface area contributed by atoms with Crippen molar-refractivity contribution in [1.82, 2.24) is 4.90 Å². The summed E-state index contributed by atoms with van der Waals surface area (Å²) in [5.41, 5.74) is 0. The van der Waals surface area contributed by atoms with E-state index in [1.165, 1.54) is 14.2 Å². The molecule has 0 atom stereocenters. The molecule has 0 aromatic rings. The Bertz CT molecular complexity index is 214. The highest BCUT2D eigenvalue weighted by Crippen LogP contribution is 2.26. The van der Waals surface area contributed by atoms with Gasteiger partial charge in [-0.15, -0.1) is 0 Å². The van der Waals surface area contributed by atoms with Gasteiger partial charge >= 0.3 is 0 Å². The van der Waals surface area contributed by atoms with Crippen LogP contribution in [-0.4, -0.2) is 43.9 Å². The van der Waals surface area contributed by atoms with E-state index < -0.39 is 5.79 Å². The van der Waals surface area contributed by atoms with Crippen LogP contribution in [0.3, 0.4) is 0 Å². The molecule has 1 saturated heterocycles. The first-order chi connectivity index (χ1) is 7.20. The average Bonchev–Trinajstić information content (AvgIpc) is 2.28. The summed E-state index contributed by atoms with van der Waals surface area (Å²) in [6.07, 6.45) is 3.73. The van der Waals surface area contributed by atoms with Gasteiger partial charge in [-0.05, 0) is 12.8 Å². The monoisotopic (exact) mass is 215 g/mol. The molecule has 0 aromatic heterocycles. The van der Waals surface area contributed by atoms with Crippen LogP contribution < -0.4 is 0 Å². The zero-order valence-electron chi connectivity index (χ0n) is 9.91. The first-order valence-corrected chi connectivity index (χ1v) is 5.60. The molecular formula is C11H21NO3. The quantitative estimate of drug-likeness (QED) is 0.651. The largest absolute Gasteiger partial charge is 0.346 e. The Morgan fingerprint density at radius 3 is 2.60 bits per heavy atom. The van der Waals surface area contributed by atoms with E-state index in [-0.39, 0.29) is 5.91 Å². The van der Waals surface area contributed by atoms with Crippen LogP contribution >= 0.6 is 0 Å². The number of piperidine rings is 1. The topological polar surface area (TPSA) is 38.8 Å². The van der Waals surface area contributed by atoms with Crippen LogP contribution in [0.5, 0.6) is 0 Å². The van der Waals surface area contributed by atoms with Gasteiger partial charge in [0.1, 0.15) is 0 Å². The third kappa shape index (κ3) is 2.49. The molecule has 1 aliphatic heterocycles. The second-order valence-corrected chi connectivity index (χ2v) is 3.91. The van der Waals surface area contributed by atoms with E-state index in [0.29, 0.717) is 6.42 Å². The number of rotatable bonds is 5. The Labute approximate surface area is 91.5 Å². The first-order valence-electron chi connectivity index (χ1n) is 5.60. The van der Waals surface area contributed by atoms with Gasteiger partial charge in [-0.1, -0.05) is 13.3 Å². The normalized spacial score (nSPS) is 20.7. The van der Waals surface area contributed by atoms with Gasteiger partial charge < -0.3 is 14.4 Å². The first kappa shape index (κ1) is 12.5. The number of hydrogen-bond acceptors (Lipinski definition) is 3. The molecule has 0 N–H and O–H groups in total. The molecule has 4 nitrogen and oxygen atoms in total. The minimum absolute atomic E-state index is 0.0211. The Hall–Kier alpha value is -0.610. The van der Waals surface area contributed by atoms with Gasteiger partial charge in [0.05, 0.1) is 0 Å². The smallest absolute Gasteiger partial charge is 0.282 e. The third-order valence-corrected chi connectivity index (χ3v) is 2.99. The third-order valence-electron chi connectivity index (χ3n) is 2.99. The molecule has 0 aliphatic carbocycles. The molecule has 0 unspecified atom stereocenters. The van der Waals surface area contributed by atoms with Gasteiger partial charge in [-0.2, -0.15) is 0 Å². The molecule has 1 fully saturated rings. The number of carbonyl (C=O) groups is 1. The Kier molecular flexibility index (Phi) is 4.54. The van der Waals surface area contributed by atoms with Crippen molar-refractivity contribution in [3.8, 4) is 0 Å². The predicted octanol–water partition coefficient (Wildman–Crippen LogP) is 1.40. The number of likely N-dealkylation sites (tertiary alicyclic amines) is 1. The lowest BCUT2D eigenvalue weighted by Crippen LogP contribution is -2.55. The molecule has 15 heavy (non-hydrogen) atoms. The molecule has 1 heterocycles. The maximum absolute atomic E-state index is 12.1. The summed E-state index contributed by atoms with van der Waals surface area (Å²) in [6.45, 7) is 3.76. The van der Waals surface area contributed by atoms with Crippen molar-refractivity contribution in [3.05, 3.63) is 0 Å². The fourth-order valence-corrected chi connectivity index (χ4v) is 1.98. The highest BCUT2D eigenvalue weighted by Gasteiger charge is 2.44. The number of unbranched alkanes of at least 4 members (excludes halogenated alkanes) is 1. The van der Waals surface area contributed by atoms with Gasteiger partial charge in [0.25, 0.3) is 5.91 Å². The molecule has 88 valence electrons. The lowest BCUT2D eigenvalue weighted by molar-refractivity contribution is -0.228. The van der Waals surface area contributed by atoms with E-state index in [1.807, 2.05) is 4.90 Å². The van der Waals surface area contributed by atoms with Crippen LogP contribution in [-0.2, 0) is 14.3 Å². The summed E-state index contributed by atoms with van der Waals surface area (Å²) < 4.78 is 10.5. The van der Waals surface area contributed by atoms with Crippen molar-refractivity contribution in [1.29, 1.82) is 0 Å². The minimum Gasteiger partial charge on any atom is -0.346 e. The molecule has 4 heteroatoms. The van der Waals surface area contributed by atoms with Gasteiger partial charge in [-0.25, -0.2) is 0 Å². The van der Waals surface area contributed by atoms with Gasteiger partial charge in [0.15, 0.2) is 0 Å². The van der Waals surface area contributed by atoms with E-state index >= 15 is 0 Å². The van der Waals surface area contributed by atoms with Gasteiger partial charge in [-0.3, -0.25) is 4.79 Å². The summed E-state index contributed by atoms with van der Waals surface area (Å²) in [7, 11) is 3.06. The van der Waals surface area contributed by atoms with Crippen LogP contribution in [0.15, 0.2) is 0 Å². The average molecular weight is 215 g/mol. The summed E-state index contributed by atoms with van der Waals surface area (Å²) in [6, 6.07) is 0. The second kappa shape index (κ2) is 5.47. The molecule has 0 radical (unpaired) electrons. The molecule has 1 aliphatic rings. The van der Waals surface area contributed by atoms with E-state index in [1.54, 1.807) is 0 Å². The van der Waals surface area contributed by atoms with Crippen molar-refractivity contribution < 1.29 is 14.3 Å². The molecule has 0 aromatic carbocycles. The fraction of sp³-hybridized carbons (Fsp3) is 0.909. The standard InChI is InChI=1S/C11H21NO3/c1-4-5-8-12-9-6-7-11(14-2,15-3)10(12)13/h4-9H2,1-3H3. The number of ether oxygens (including phenoxy) is 2. The number of amides is 1. The second-order valence-electron chi connectivity index (χ2n) is 3.91. The van der Waals surface area contributed by atoms with Crippen LogP contribution in [0.4, 0.5) is 0 Å². The van der Waals surface area contributed by atoms with Crippen molar-refractivity contribution in [3.63, 3.8) is 0 Å². The lowest BCUT2D eigenvalue weighted by atomic mass is 10.0. The lowest BCUT2D eigenvalue weighted by Gasteiger charge is -2.39. The number of nitrogens with zero attached hydrogens (tertiary/aromatic N) is 1. The number of carbonyl (C=O) groups excluding carboxylic acids is 1. The molecule has 0 spiro atoms. The summed E-state index contributed by atoms with van der Waals surface area (Å²) in [4.78, 5) is 13.9. The van der Waals surface area contributed by atoms with Crippen molar-refractivity contribution in [2.24, 2.45) is 0 Å². The van der Waals surface area contributed by atoms with Crippen molar-refractivity contribution in [2.45, 2.75) is 38.4 Å². The van der Waals surface area contributed by atoms with E-state index in [9.17, 15) is 4.79 Å². The maximum atomic E-state index is 12.1. The van der Waals surface area contributed by atoms with E-state index in [2.05, 4.69) is 6.92 Å². The molecule has 1 amide bonds. The van der Waals surface area contributed by atoms with E-state index in [4.69, 9.17) is 9.47 Å². The highest BCUT2D eigenvalue weighted by atomic mass is 16.7. The van der Waals surface area contributed by atoms with E-state index in [0.717, 1.165) is 32.4 Å². The van der Waals surface area contributed by atoms with Crippen LogP contribution in [0.2, 0.25) is 0 Å². The summed E-state index contributed by atoms with van der Waals surface area (Å²) in [5, 5.41) is 0. The predicted molar refractivity (Wildman–Crippen MR) is 57.5 cm³/mol. The maximum Gasteiger partial charge on any atom is 0.282 e. The Morgan fingerprint density at radius 1 is 1.40 bits per heavy atom. The Morgan fingerprint density at radius 2 is 2.07 bits per heavy atom. The zero-order chi connectivity index (χ0) is 11.3. The number of hydrogen-bond donors (Lipinski definition) is 0. The Balaban J connectivity index is 2.65. The van der Waals surface area contributed by atoms with Crippen molar-refractivity contribution >= 4 is 5.91 Å². The van der Waals surface area contributed by atoms with Crippen LogP contribution in [0.1, 0.15) is 32.6 Å². The van der Waals surface area contributed by atoms with Gasteiger partial charge in [0, 0.05) is 33.7 Å². The zero-order valence-corrected chi connectivity index (χ0v) is 9.91. The highest BCUT2D eigenvalue weighted by molar-refractivity contribution is 5.84. The molecular weight excluding hydrogens is 194 g/mol. The summed E-state index contributed by atoms with van der Waals surface area (Å²) >= 11 is 0. The minimum atomic E-state index is -1.02. The fourth-order valence-electron chi connectivity index (χ4n) is 1.98. The van der Waals surface area contributed by atoms with Crippen LogP contribution in [0.25, 0.3) is 0 Å². The SMILES string of the molecule is CCCCN1CCCC(OC)(OC)C1=O. The molecule has 1 rings (SSSR count). The molecule has 0 saturated carbocycles. The number of methoxy groups -OCH3 is 2. The van der Waals surface area contributed by atoms with Crippen LogP contribution in [0, 0.1) is 0 Å². The molecule has 0 bridgehead atoms.